The van der Waals surface area contributed by atoms with Crippen molar-refractivity contribution in [3.05, 3.63) is 59.9 Å². The Morgan fingerprint density at radius 2 is 1.84 bits per heavy atom. The molecule has 0 radical (unpaired) electrons. The Labute approximate surface area is 146 Å². The molecule has 0 spiro atoms. The van der Waals surface area contributed by atoms with Crippen LogP contribution in [0, 0.1) is 5.82 Å². The maximum atomic E-state index is 12.9. The van der Waals surface area contributed by atoms with Crippen LogP contribution in [0.1, 0.15) is 24.8 Å². The van der Waals surface area contributed by atoms with Gasteiger partial charge >= 0.3 is 0 Å². The van der Waals surface area contributed by atoms with E-state index in [1.807, 2.05) is 0 Å². The van der Waals surface area contributed by atoms with Crippen LogP contribution in [0.15, 0.2) is 48.5 Å². The van der Waals surface area contributed by atoms with Crippen LogP contribution in [0.3, 0.4) is 0 Å². The summed E-state index contributed by atoms with van der Waals surface area (Å²) in [6.45, 7) is 0.643. The summed E-state index contributed by atoms with van der Waals surface area (Å²) in [4.78, 5) is 13.7. The van der Waals surface area contributed by atoms with Gasteiger partial charge in [0.2, 0.25) is 15.9 Å². The van der Waals surface area contributed by atoms with Crippen LogP contribution in [-0.4, -0.2) is 20.9 Å². The first-order chi connectivity index (χ1) is 11.9. The number of nitrogens with one attached hydrogen (secondary N) is 1. The fourth-order valence-electron chi connectivity index (χ4n) is 2.83. The first-order valence-corrected chi connectivity index (χ1v) is 9.73. The third kappa shape index (κ3) is 4.57. The van der Waals surface area contributed by atoms with Gasteiger partial charge in [-0.1, -0.05) is 18.2 Å². The number of sulfonamides is 1. The highest BCUT2D eigenvalue weighted by Crippen LogP contribution is 2.24. The van der Waals surface area contributed by atoms with Gasteiger partial charge in [-0.05, 0) is 48.7 Å². The molecule has 3 rings (SSSR count). The highest BCUT2D eigenvalue weighted by Gasteiger charge is 2.20. The largest absolute Gasteiger partial charge is 0.312 e. The second-order valence-corrected chi connectivity index (χ2v) is 7.76. The molecule has 7 heteroatoms. The third-order valence-corrected chi connectivity index (χ3v) is 5.28. The molecule has 2 aromatic rings. The summed E-state index contributed by atoms with van der Waals surface area (Å²) >= 11 is 0. The molecule has 0 bridgehead atoms. The number of hydrogen-bond acceptors (Lipinski definition) is 3. The van der Waals surface area contributed by atoms with Crippen molar-refractivity contribution in [2.24, 2.45) is 0 Å². The van der Waals surface area contributed by atoms with E-state index < -0.39 is 15.8 Å². The number of rotatable bonds is 5. The lowest BCUT2D eigenvalue weighted by molar-refractivity contribution is -0.119. The summed E-state index contributed by atoms with van der Waals surface area (Å²) in [7, 11) is -3.64. The van der Waals surface area contributed by atoms with Crippen LogP contribution in [0.2, 0.25) is 0 Å². The van der Waals surface area contributed by atoms with E-state index in [2.05, 4.69) is 4.72 Å². The number of benzene rings is 2. The molecular formula is C18H19FN2O3S. The minimum Gasteiger partial charge on any atom is -0.312 e. The molecule has 1 aliphatic heterocycles. The van der Waals surface area contributed by atoms with E-state index >= 15 is 0 Å². The van der Waals surface area contributed by atoms with Gasteiger partial charge in [-0.3, -0.25) is 9.52 Å². The van der Waals surface area contributed by atoms with E-state index in [1.165, 1.54) is 24.3 Å². The van der Waals surface area contributed by atoms with E-state index in [4.69, 9.17) is 0 Å². The second-order valence-electron chi connectivity index (χ2n) is 6.04. The topological polar surface area (TPSA) is 66.5 Å². The van der Waals surface area contributed by atoms with Gasteiger partial charge in [-0.25, -0.2) is 12.8 Å². The van der Waals surface area contributed by atoms with Crippen LogP contribution in [0.25, 0.3) is 0 Å². The zero-order chi connectivity index (χ0) is 17.9. The number of carbonyl (C=O) groups is 1. The zero-order valence-electron chi connectivity index (χ0n) is 13.6. The molecule has 132 valence electrons. The summed E-state index contributed by atoms with van der Waals surface area (Å²) < 4.78 is 40.1. The van der Waals surface area contributed by atoms with Gasteiger partial charge in [0.15, 0.2) is 0 Å². The first kappa shape index (κ1) is 17.4. The molecule has 0 saturated carbocycles. The Kier molecular flexibility index (Phi) is 5.03. The highest BCUT2D eigenvalue weighted by molar-refractivity contribution is 7.91. The van der Waals surface area contributed by atoms with Crippen molar-refractivity contribution in [2.45, 2.75) is 25.0 Å². The summed E-state index contributed by atoms with van der Waals surface area (Å²) in [5, 5.41) is 0. The molecular weight excluding hydrogens is 343 g/mol. The van der Waals surface area contributed by atoms with E-state index in [-0.39, 0.29) is 11.7 Å². The summed E-state index contributed by atoms with van der Waals surface area (Å²) in [5.74, 6) is -0.606. The number of hydrogen-bond donors (Lipinski definition) is 1. The van der Waals surface area contributed by atoms with Crippen molar-refractivity contribution in [1.29, 1.82) is 0 Å². The number of carbonyl (C=O) groups excluding carboxylic acids is 1. The molecule has 2 aromatic carbocycles. The average molecular weight is 362 g/mol. The Bertz CT molecular complexity index is 866. The van der Waals surface area contributed by atoms with E-state index in [1.54, 1.807) is 29.2 Å². The molecule has 1 N–H and O–H groups in total. The second kappa shape index (κ2) is 7.23. The van der Waals surface area contributed by atoms with E-state index in [9.17, 15) is 17.6 Å². The zero-order valence-corrected chi connectivity index (χ0v) is 14.4. The van der Waals surface area contributed by atoms with Crippen molar-refractivity contribution < 1.29 is 17.6 Å². The Balaban J connectivity index is 1.74. The molecule has 25 heavy (non-hydrogen) atoms. The van der Waals surface area contributed by atoms with Crippen molar-refractivity contribution in [2.75, 3.05) is 16.2 Å². The standard InChI is InChI=1S/C18H19FN2O3S/c19-15-9-7-14(8-10-15)13-25(23,24)20-16-4-3-5-17(12-16)21-11-2-1-6-18(21)22/h3-5,7-10,12,20H,1-2,6,11,13H2. The Morgan fingerprint density at radius 3 is 2.56 bits per heavy atom. The van der Waals surface area contributed by atoms with Gasteiger partial charge in [0, 0.05) is 18.7 Å². The molecule has 1 fully saturated rings. The molecule has 5 nitrogen and oxygen atoms in total. The lowest BCUT2D eigenvalue weighted by atomic mass is 10.1. The first-order valence-electron chi connectivity index (χ1n) is 8.08. The van der Waals surface area contributed by atoms with Crippen LogP contribution in [0.4, 0.5) is 15.8 Å². The molecule has 1 amide bonds. The fourth-order valence-corrected chi connectivity index (χ4v) is 4.02. The lowest BCUT2D eigenvalue weighted by Crippen LogP contribution is -2.35. The average Bonchev–Trinajstić information content (AvgIpc) is 2.57. The maximum Gasteiger partial charge on any atom is 0.236 e. The van der Waals surface area contributed by atoms with Gasteiger partial charge in [0.05, 0.1) is 11.4 Å². The van der Waals surface area contributed by atoms with Crippen molar-refractivity contribution in [3.63, 3.8) is 0 Å². The number of nitrogens with zero attached hydrogens (tertiary/aromatic N) is 1. The van der Waals surface area contributed by atoms with Crippen molar-refractivity contribution in [1.82, 2.24) is 0 Å². The van der Waals surface area contributed by atoms with Gasteiger partial charge in [-0.2, -0.15) is 0 Å². The predicted octanol–water partition coefficient (Wildman–Crippen LogP) is 3.28. The minimum atomic E-state index is -3.64. The number of halogens is 1. The lowest BCUT2D eigenvalue weighted by Gasteiger charge is -2.27. The van der Waals surface area contributed by atoms with Gasteiger partial charge < -0.3 is 4.90 Å². The third-order valence-electron chi connectivity index (χ3n) is 4.02. The molecule has 0 atom stereocenters. The Hall–Kier alpha value is -2.41. The van der Waals surface area contributed by atoms with E-state index in [0.29, 0.717) is 29.9 Å². The van der Waals surface area contributed by atoms with Crippen LogP contribution in [-0.2, 0) is 20.6 Å². The number of amides is 1. The normalized spacial score (nSPS) is 15.2. The predicted molar refractivity (Wildman–Crippen MR) is 95.3 cm³/mol. The SMILES string of the molecule is O=C1CCCCN1c1cccc(NS(=O)(=O)Cc2ccc(F)cc2)c1. The number of piperidine rings is 1. The summed E-state index contributed by atoms with van der Waals surface area (Å²) in [6.07, 6.45) is 2.34. The molecule has 0 aromatic heterocycles. The quantitative estimate of drug-likeness (QED) is 0.888. The Morgan fingerprint density at radius 1 is 1.08 bits per heavy atom. The summed E-state index contributed by atoms with van der Waals surface area (Å²) in [5.41, 5.74) is 1.58. The van der Waals surface area contributed by atoms with Crippen LogP contribution in [0.5, 0.6) is 0 Å². The minimum absolute atomic E-state index is 0.0533. The fraction of sp³-hybridized carbons (Fsp3) is 0.278. The van der Waals surface area contributed by atoms with Crippen LogP contribution >= 0.6 is 0 Å². The van der Waals surface area contributed by atoms with Crippen molar-refractivity contribution in [3.8, 4) is 0 Å². The highest BCUT2D eigenvalue weighted by atomic mass is 32.2. The van der Waals surface area contributed by atoms with Crippen molar-refractivity contribution >= 4 is 27.3 Å². The number of anilines is 2. The summed E-state index contributed by atoms with van der Waals surface area (Å²) in [6, 6.07) is 12.1. The molecule has 1 heterocycles. The van der Waals surface area contributed by atoms with E-state index in [0.717, 1.165) is 12.8 Å². The molecule has 0 aliphatic carbocycles. The smallest absolute Gasteiger partial charge is 0.236 e. The van der Waals surface area contributed by atoms with Gasteiger partial charge in [0.25, 0.3) is 0 Å². The molecule has 1 aliphatic rings. The van der Waals surface area contributed by atoms with Crippen LogP contribution < -0.4 is 9.62 Å². The maximum absolute atomic E-state index is 12.9. The molecule has 0 unspecified atom stereocenters. The molecule has 1 saturated heterocycles. The van der Waals surface area contributed by atoms with Gasteiger partial charge in [0.1, 0.15) is 5.82 Å². The monoisotopic (exact) mass is 362 g/mol. The van der Waals surface area contributed by atoms with Gasteiger partial charge in [-0.15, -0.1) is 0 Å².